The average molecular weight is 256 g/mol. The summed E-state index contributed by atoms with van der Waals surface area (Å²) in [7, 11) is 0. The Labute approximate surface area is 109 Å². The van der Waals surface area contributed by atoms with Gasteiger partial charge in [0.15, 0.2) is 0 Å². The molecule has 18 heavy (non-hydrogen) atoms. The Morgan fingerprint density at radius 2 is 1.94 bits per heavy atom. The van der Waals surface area contributed by atoms with Gasteiger partial charge in [-0.25, -0.2) is 4.79 Å². The summed E-state index contributed by atoms with van der Waals surface area (Å²) in [5.41, 5.74) is -0.210. The number of aliphatic carboxylic acids is 1. The predicted molar refractivity (Wildman–Crippen MR) is 69.4 cm³/mol. The highest BCUT2D eigenvalue weighted by Gasteiger charge is 2.39. The molecule has 5 nitrogen and oxygen atoms in total. The Morgan fingerprint density at radius 1 is 1.39 bits per heavy atom. The SMILES string of the molecule is CCC(C)(CC)NC(=O)N1CCC(C(=O)O)C1C. The van der Waals surface area contributed by atoms with Crippen molar-refractivity contribution in [3.05, 3.63) is 0 Å². The lowest BCUT2D eigenvalue weighted by Gasteiger charge is -2.32. The van der Waals surface area contributed by atoms with Crippen molar-refractivity contribution in [3.63, 3.8) is 0 Å². The zero-order valence-corrected chi connectivity index (χ0v) is 11.7. The van der Waals surface area contributed by atoms with Gasteiger partial charge in [-0.2, -0.15) is 0 Å². The number of nitrogens with zero attached hydrogens (tertiary/aromatic N) is 1. The Kier molecular flexibility index (Phi) is 4.59. The monoisotopic (exact) mass is 256 g/mol. The van der Waals surface area contributed by atoms with Gasteiger partial charge in [0.1, 0.15) is 0 Å². The first-order chi connectivity index (χ1) is 8.34. The van der Waals surface area contributed by atoms with E-state index < -0.39 is 11.9 Å². The fraction of sp³-hybridized carbons (Fsp3) is 0.846. The minimum Gasteiger partial charge on any atom is -0.481 e. The highest BCUT2D eigenvalue weighted by atomic mass is 16.4. The van der Waals surface area contributed by atoms with Crippen molar-refractivity contribution in [1.82, 2.24) is 10.2 Å². The number of hydrogen-bond donors (Lipinski definition) is 2. The topological polar surface area (TPSA) is 69.6 Å². The molecule has 1 saturated heterocycles. The quantitative estimate of drug-likeness (QED) is 0.809. The third-order valence-corrected chi connectivity index (χ3v) is 4.30. The maximum absolute atomic E-state index is 12.2. The molecule has 0 aliphatic carbocycles. The van der Waals surface area contributed by atoms with Gasteiger partial charge in [-0.05, 0) is 33.1 Å². The molecule has 1 heterocycles. The van der Waals surface area contributed by atoms with Gasteiger partial charge in [0.2, 0.25) is 0 Å². The minimum atomic E-state index is -0.813. The molecule has 0 spiro atoms. The highest BCUT2D eigenvalue weighted by Crippen LogP contribution is 2.25. The number of amides is 2. The third-order valence-electron chi connectivity index (χ3n) is 4.30. The predicted octanol–water partition coefficient (Wildman–Crippen LogP) is 2.07. The summed E-state index contributed by atoms with van der Waals surface area (Å²) in [5, 5.41) is 12.1. The first-order valence-corrected chi connectivity index (χ1v) is 6.66. The molecule has 0 aromatic rings. The molecule has 0 bridgehead atoms. The van der Waals surface area contributed by atoms with E-state index in [1.807, 2.05) is 20.8 Å². The molecule has 2 unspecified atom stereocenters. The molecule has 2 atom stereocenters. The van der Waals surface area contributed by atoms with Crippen LogP contribution in [0.2, 0.25) is 0 Å². The van der Waals surface area contributed by atoms with Crippen LogP contribution in [0.3, 0.4) is 0 Å². The van der Waals surface area contributed by atoms with Crippen LogP contribution in [0.25, 0.3) is 0 Å². The van der Waals surface area contributed by atoms with Crippen LogP contribution in [0, 0.1) is 5.92 Å². The fourth-order valence-corrected chi connectivity index (χ4v) is 2.31. The van der Waals surface area contributed by atoms with E-state index in [2.05, 4.69) is 5.32 Å². The highest BCUT2D eigenvalue weighted by molar-refractivity contribution is 5.78. The van der Waals surface area contributed by atoms with Crippen molar-refractivity contribution < 1.29 is 14.7 Å². The normalized spacial score (nSPS) is 24.1. The third kappa shape index (κ3) is 2.94. The number of carbonyl (C=O) groups is 2. The van der Waals surface area contributed by atoms with Gasteiger partial charge in [-0.1, -0.05) is 13.8 Å². The van der Waals surface area contributed by atoms with E-state index in [-0.39, 0.29) is 17.6 Å². The molecule has 1 aliphatic rings. The molecule has 0 saturated carbocycles. The fourth-order valence-electron chi connectivity index (χ4n) is 2.31. The lowest BCUT2D eigenvalue weighted by molar-refractivity contribution is -0.142. The molecular formula is C13H24N2O3. The largest absolute Gasteiger partial charge is 0.481 e. The average Bonchev–Trinajstić information content (AvgIpc) is 2.71. The van der Waals surface area contributed by atoms with E-state index in [1.165, 1.54) is 0 Å². The van der Waals surface area contributed by atoms with Crippen molar-refractivity contribution in [3.8, 4) is 0 Å². The van der Waals surface area contributed by atoms with Crippen LogP contribution in [-0.2, 0) is 4.79 Å². The van der Waals surface area contributed by atoms with Crippen molar-refractivity contribution in [1.29, 1.82) is 0 Å². The zero-order valence-electron chi connectivity index (χ0n) is 11.7. The summed E-state index contributed by atoms with van der Waals surface area (Å²) < 4.78 is 0. The van der Waals surface area contributed by atoms with Crippen molar-refractivity contribution >= 4 is 12.0 Å². The van der Waals surface area contributed by atoms with Gasteiger partial charge < -0.3 is 15.3 Å². The molecule has 1 rings (SSSR count). The second-order valence-corrected chi connectivity index (χ2v) is 5.37. The number of carbonyl (C=O) groups excluding carboxylic acids is 1. The van der Waals surface area contributed by atoms with Gasteiger partial charge >= 0.3 is 12.0 Å². The summed E-state index contributed by atoms with van der Waals surface area (Å²) in [6, 6.07) is -0.377. The van der Waals surface area contributed by atoms with Crippen molar-refractivity contribution in [2.24, 2.45) is 5.92 Å². The molecule has 1 fully saturated rings. The molecule has 0 aromatic carbocycles. The molecule has 2 amide bonds. The van der Waals surface area contributed by atoms with Crippen LogP contribution in [0.5, 0.6) is 0 Å². The lowest BCUT2D eigenvalue weighted by atomic mass is 9.96. The maximum Gasteiger partial charge on any atom is 0.318 e. The second-order valence-electron chi connectivity index (χ2n) is 5.37. The first-order valence-electron chi connectivity index (χ1n) is 6.66. The smallest absolute Gasteiger partial charge is 0.318 e. The first kappa shape index (κ1) is 14.8. The summed E-state index contributed by atoms with van der Waals surface area (Å²) in [6.45, 7) is 8.42. The van der Waals surface area contributed by atoms with Gasteiger partial charge in [0.05, 0.1) is 5.92 Å². The van der Waals surface area contributed by atoms with E-state index in [1.54, 1.807) is 11.8 Å². The second kappa shape index (κ2) is 5.59. The molecule has 104 valence electrons. The van der Waals surface area contributed by atoms with E-state index in [0.717, 1.165) is 12.8 Å². The van der Waals surface area contributed by atoms with Gasteiger partial charge in [-0.15, -0.1) is 0 Å². The molecule has 0 aromatic heterocycles. The molecule has 2 N–H and O–H groups in total. The lowest BCUT2D eigenvalue weighted by Crippen LogP contribution is -2.52. The minimum absolute atomic E-state index is 0.141. The summed E-state index contributed by atoms with van der Waals surface area (Å²) in [4.78, 5) is 24.8. The molecular weight excluding hydrogens is 232 g/mol. The van der Waals surface area contributed by atoms with Crippen LogP contribution in [0.15, 0.2) is 0 Å². The number of rotatable bonds is 4. The Bertz CT molecular complexity index is 326. The Morgan fingerprint density at radius 3 is 2.33 bits per heavy atom. The summed E-state index contributed by atoms with van der Waals surface area (Å²) >= 11 is 0. The Balaban J connectivity index is 2.67. The summed E-state index contributed by atoms with van der Waals surface area (Å²) in [6.07, 6.45) is 2.26. The number of hydrogen-bond acceptors (Lipinski definition) is 2. The summed E-state index contributed by atoms with van der Waals surface area (Å²) in [5.74, 6) is -1.25. The van der Waals surface area contributed by atoms with Crippen LogP contribution in [0.1, 0.15) is 47.0 Å². The maximum atomic E-state index is 12.2. The number of likely N-dealkylation sites (tertiary alicyclic amines) is 1. The Hall–Kier alpha value is -1.26. The number of carboxylic acid groups (broad SMARTS) is 1. The van der Waals surface area contributed by atoms with Crippen molar-refractivity contribution in [2.45, 2.75) is 58.5 Å². The molecule has 5 heteroatoms. The molecule has 1 aliphatic heterocycles. The van der Waals surface area contributed by atoms with Gasteiger partial charge in [0.25, 0.3) is 0 Å². The van der Waals surface area contributed by atoms with E-state index in [0.29, 0.717) is 13.0 Å². The van der Waals surface area contributed by atoms with E-state index in [9.17, 15) is 9.59 Å². The number of urea groups is 1. The zero-order chi connectivity index (χ0) is 13.9. The number of nitrogens with one attached hydrogen (secondary N) is 1. The van der Waals surface area contributed by atoms with E-state index >= 15 is 0 Å². The van der Waals surface area contributed by atoms with Crippen LogP contribution >= 0.6 is 0 Å². The number of carboxylic acids is 1. The van der Waals surface area contributed by atoms with Crippen molar-refractivity contribution in [2.75, 3.05) is 6.54 Å². The standard InChI is InChI=1S/C13H24N2O3/c1-5-13(4,6-2)14-12(18)15-8-7-10(9(15)3)11(16)17/h9-10H,5-8H2,1-4H3,(H,14,18)(H,16,17). The van der Waals surface area contributed by atoms with Gasteiger partial charge in [0, 0.05) is 18.1 Å². The van der Waals surface area contributed by atoms with Crippen LogP contribution in [0.4, 0.5) is 4.79 Å². The molecule has 0 radical (unpaired) electrons. The van der Waals surface area contributed by atoms with E-state index in [4.69, 9.17) is 5.11 Å². The van der Waals surface area contributed by atoms with Gasteiger partial charge in [-0.3, -0.25) is 4.79 Å². The van der Waals surface area contributed by atoms with Crippen LogP contribution < -0.4 is 5.32 Å². The van der Waals surface area contributed by atoms with Crippen LogP contribution in [-0.4, -0.2) is 40.1 Å².